The van der Waals surface area contributed by atoms with E-state index in [1.54, 1.807) is 6.26 Å². The molecule has 0 N–H and O–H groups in total. The lowest BCUT2D eigenvalue weighted by molar-refractivity contribution is -0.133. The number of benzene rings is 1. The van der Waals surface area contributed by atoms with Gasteiger partial charge in [-0.05, 0) is 50.8 Å². The fourth-order valence-corrected chi connectivity index (χ4v) is 4.57. The zero-order valence-electron chi connectivity index (χ0n) is 16.0. The SMILES string of the molecule is O=C(CC(Cc1ccccc1)C1=COCO1)N1CCC(N2CCCC2)CC1. The molecule has 146 valence electrons. The molecule has 27 heavy (non-hydrogen) atoms. The molecule has 3 aliphatic heterocycles. The van der Waals surface area contributed by atoms with E-state index in [0.717, 1.165) is 38.1 Å². The Hall–Kier alpha value is -2.01. The van der Waals surface area contributed by atoms with E-state index in [-0.39, 0.29) is 18.6 Å². The normalized spacial score (nSPS) is 22.2. The van der Waals surface area contributed by atoms with E-state index in [1.807, 2.05) is 18.2 Å². The van der Waals surface area contributed by atoms with Crippen LogP contribution in [-0.2, 0) is 20.7 Å². The fourth-order valence-electron chi connectivity index (χ4n) is 4.57. The fraction of sp³-hybridized carbons (Fsp3) is 0.591. The second-order valence-electron chi connectivity index (χ2n) is 7.89. The summed E-state index contributed by atoms with van der Waals surface area (Å²) in [5, 5.41) is 0. The molecule has 1 atom stereocenters. The van der Waals surface area contributed by atoms with Crippen LogP contribution in [0, 0.1) is 5.92 Å². The maximum absolute atomic E-state index is 13.0. The van der Waals surface area contributed by atoms with Crippen molar-refractivity contribution in [2.75, 3.05) is 33.0 Å². The topological polar surface area (TPSA) is 42.0 Å². The molecule has 1 amide bonds. The summed E-state index contributed by atoms with van der Waals surface area (Å²) < 4.78 is 10.9. The molecule has 1 aromatic rings. The van der Waals surface area contributed by atoms with Crippen LogP contribution in [0.5, 0.6) is 0 Å². The standard InChI is InChI=1S/C22H30N2O3/c25-22(24-12-8-20(9-13-24)23-10-4-5-11-23)15-19(21-16-26-17-27-21)14-18-6-2-1-3-7-18/h1-3,6-7,16,19-20H,4-5,8-15,17H2. The molecule has 5 nitrogen and oxygen atoms in total. The number of carbonyl (C=O) groups excluding carboxylic acids is 1. The van der Waals surface area contributed by atoms with Gasteiger partial charge >= 0.3 is 0 Å². The third-order valence-electron chi connectivity index (χ3n) is 6.12. The van der Waals surface area contributed by atoms with Gasteiger partial charge in [0.1, 0.15) is 12.0 Å². The summed E-state index contributed by atoms with van der Waals surface area (Å²) in [5.74, 6) is 1.09. The van der Waals surface area contributed by atoms with Gasteiger partial charge < -0.3 is 19.3 Å². The molecule has 3 heterocycles. The number of allylic oxidation sites excluding steroid dienone is 1. The Morgan fingerprint density at radius 2 is 1.81 bits per heavy atom. The summed E-state index contributed by atoms with van der Waals surface area (Å²) in [6.07, 6.45) is 7.84. The number of amides is 1. The zero-order chi connectivity index (χ0) is 18.5. The number of nitrogens with zero attached hydrogens (tertiary/aromatic N) is 2. The predicted octanol–water partition coefficient (Wildman–Crippen LogP) is 3.17. The van der Waals surface area contributed by atoms with Crippen LogP contribution in [0.2, 0.25) is 0 Å². The molecule has 2 fully saturated rings. The van der Waals surface area contributed by atoms with E-state index in [1.165, 1.54) is 31.5 Å². The van der Waals surface area contributed by atoms with Crippen LogP contribution in [0.25, 0.3) is 0 Å². The van der Waals surface area contributed by atoms with Gasteiger partial charge in [0.15, 0.2) is 0 Å². The molecule has 0 aliphatic carbocycles. The van der Waals surface area contributed by atoms with Crippen LogP contribution in [0.3, 0.4) is 0 Å². The van der Waals surface area contributed by atoms with Crippen LogP contribution in [0.1, 0.15) is 37.7 Å². The number of carbonyl (C=O) groups is 1. The summed E-state index contributed by atoms with van der Waals surface area (Å²) in [6.45, 7) is 4.51. The molecule has 5 heteroatoms. The average Bonchev–Trinajstić information content (AvgIpc) is 3.42. The van der Waals surface area contributed by atoms with Gasteiger partial charge in [-0.15, -0.1) is 0 Å². The molecule has 0 saturated carbocycles. The first-order valence-electron chi connectivity index (χ1n) is 10.3. The Bertz CT molecular complexity index is 647. The van der Waals surface area contributed by atoms with Crippen LogP contribution in [0.15, 0.2) is 42.4 Å². The van der Waals surface area contributed by atoms with Gasteiger partial charge in [0, 0.05) is 31.5 Å². The molecule has 1 aromatic carbocycles. The van der Waals surface area contributed by atoms with Gasteiger partial charge in [0.05, 0.1) is 0 Å². The molecule has 3 aliphatic rings. The lowest BCUT2D eigenvalue weighted by Crippen LogP contribution is -2.46. The molecule has 0 aromatic heterocycles. The first-order chi connectivity index (χ1) is 13.3. The Morgan fingerprint density at radius 3 is 2.48 bits per heavy atom. The van der Waals surface area contributed by atoms with Crippen molar-refractivity contribution in [1.29, 1.82) is 0 Å². The lowest BCUT2D eigenvalue weighted by Gasteiger charge is -2.37. The van der Waals surface area contributed by atoms with Gasteiger partial charge in [-0.25, -0.2) is 0 Å². The summed E-state index contributed by atoms with van der Waals surface area (Å²) in [5.41, 5.74) is 1.22. The monoisotopic (exact) mass is 370 g/mol. The van der Waals surface area contributed by atoms with Gasteiger partial charge in [0.25, 0.3) is 0 Å². The maximum Gasteiger partial charge on any atom is 0.229 e. The van der Waals surface area contributed by atoms with E-state index < -0.39 is 0 Å². The van der Waals surface area contributed by atoms with Crippen molar-refractivity contribution in [3.8, 4) is 0 Å². The third kappa shape index (κ3) is 4.64. The molecule has 4 rings (SSSR count). The van der Waals surface area contributed by atoms with Crippen molar-refractivity contribution in [2.45, 2.75) is 44.6 Å². The number of likely N-dealkylation sites (tertiary alicyclic amines) is 2. The highest BCUT2D eigenvalue weighted by Crippen LogP contribution is 2.27. The van der Waals surface area contributed by atoms with Gasteiger partial charge in [0.2, 0.25) is 12.7 Å². The minimum atomic E-state index is 0.0405. The van der Waals surface area contributed by atoms with Crippen molar-refractivity contribution in [3.05, 3.63) is 47.9 Å². The lowest BCUT2D eigenvalue weighted by atomic mass is 9.93. The molecule has 0 radical (unpaired) electrons. The summed E-state index contributed by atoms with van der Waals surface area (Å²) in [4.78, 5) is 17.6. The van der Waals surface area contributed by atoms with E-state index in [9.17, 15) is 4.79 Å². The molecular formula is C22H30N2O3. The average molecular weight is 370 g/mol. The van der Waals surface area contributed by atoms with E-state index >= 15 is 0 Å². The molecule has 1 unspecified atom stereocenters. The summed E-state index contributed by atoms with van der Waals surface area (Å²) in [6, 6.07) is 11.0. The van der Waals surface area contributed by atoms with Crippen molar-refractivity contribution >= 4 is 5.91 Å². The Morgan fingerprint density at radius 1 is 1.07 bits per heavy atom. The number of rotatable bonds is 6. The number of piperidine rings is 1. The second kappa shape index (κ2) is 8.79. The van der Waals surface area contributed by atoms with Crippen molar-refractivity contribution < 1.29 is 14.3 Å². The molecule has 0 spiro atoms. The predicted molar refractivity (Wildman–Crippen MR) is 104 cm³/mol. The van der Waals surface area contributed by atoms with Crippen molar-refractivity contribution in [1.82, 2.24) is 9.80 Å². The molecule has 2 saturated heterocycles. The largest absolute Gasteiger partial charge is 0.462 e. The highest BCUT2D eigenvalue weighted by atomic mass is 16.7. The van der Waals surface area contributed by atoms with Crippen molar-refractivity contribution in [3.63, 3.8) is 0 Å². The highest BCUT2D eigenvalue weighted by Gasteiger charge is 2.30. The smallest absolute Gasteiger partial charge is 0.229 e. The van der Waals surface area contributed by atoms with Gasteiger partial charge in [-0.2, -0.15) is 0 Å². The first-order valence-corrected chi connectivity index (χ1v) is 10.3. The first kappa shape index (κ1) is 18.4. The minimum Gasteiger partial charge on any atom is -0.462 e. The van der Waals surface area contributed by atoms with Gasteiger partial charge in [-0.3, -0.25) is 4.79 Å². The van der Waals surface area contributed by atoms with Crippen molar-refractivity contribution in [2.24, 2.45) is 5.92 Å². The van der Waals surface area contributed by atoms with Crippen LogP contribution >= 0.6 is 0 Å². The summed E-state index contributed by atoms with van der Waals surface area (Å²) in [7, 11) is 0. The van der Waals surface area contributed by atoms with Crippen LogP contribution < -0.4 is 0 Å². The van der Waals surface area contributed by atoms with E-state index in [4.69, 9.17) is 9.47 Å². The molecule has 0 bridgehead atoms. The second-order valence-corrected chi connectivity index (χ2v) is 7.89. The maximum atomic E-state index is 13.0. The Labute approximate surface area is 161 Å². The van der Waals surface area contributed by atoms with Crippen LogP contribution in [0.4, 0.5) is 0 Å². The van der Waals surface area contributed by atoms with E-state index in [2.05, 4.69) is 21.9 Å². The van der Waals surface area contributed by atoms with Gasteiger partial charge in [-0.1, -0.05) is 30.3 Å². The van der Waals surface area contributed by atoms with E-state index in [0.29, 0.717) is 12.5 Å². The minimum absolute atomic E-state index is 0.0405. The zero-order valence-corrected chi connectivity index (χ0v) is 16.0. The highest BCUT2D eigenvalue weighted by molar-refractivity contribution is 5.77. The third-order valence-corrected chi connectivity index (χ3v) is 6.12. The Kier molecular flexibility index (Phi) is 5.97. The van der Waals surface area contributed by atoms with Crippen LogP contribution in [-0.4, -0.2) is 54.7 Å². The number of ether oxygens (including phenoxy) is 2. The number of hydrogen-bond acceptors (Lipinski definition) is 4. The molecular weight excluding hydrogens is 340 g/mol. The summed E-state index contributed by atoms with van der Waals surface area (Å²) >= 11 is 0. The Balaban J connectivity index is 1.34. The number of hydrogen-bond donors (Lipinski definition) is 0. The quantitative estimate of drug-likeness (QED) is 0.771.